The molecular weight excluding hydrogens is 294 g/mol. The van der Waals surface area contributed by atoms with Gasteiger partial charge in [0.2, 0.25) is 11.8 Å². The van der Waals surface area contributed by atoms with Gasteiger partial charge in [0.1, 0.15) is 5.75 Å². The average molecular weight is 309 g/mol. The molecule has 0 saturated carbocycles. The predicted octanol–water partition coefficient (Wildman–Crippen LogP) is 3.07. The van der Waals surface area contributed by atoms with E-state index in [4.69, 9.17) is 9.15 Å². The summed E-state index contributed by atoms with van der Waals surface area (Å²) in [6, 6.07) is 18.4. The third-order valence-corrected chi connectivity index (χ3v) is 3.05. The smallest absolute Gasteiger partial charge is 0.412 e. The van der Waals surface area contributed by atoms with Gasteiger partial charge in [-0.25, -0.2) is 4.79 Å². The summed E-state index contributed by atoms with van der Waals surface area (Å²) in [5.41, 5.74) is 0.864. The van der Waals surface area contributed by atoms with E-state index in [9.17, 15) is 4.79 Å². The Bertz CT molecular complexity index is 757. The number of nitrogens with zero attached hydrogens (tertiary/aromatic N) is 2. The maximum absolute atomic E-state index is 11.6. The lowest BCUT2D eigenvalue weighted by atomic mass is 10.2. The second-order valence-corrected chi connectivity index (χ2v) is 4.75. The van der Waals surface area contributed by atoms with Crippen LogP contribution in [0.25, 0.3) is 11.5 Å². The van der Waals surface area contributed by atoms with Gasteiger partial charge in [0.25, 0.3) is 0 Å². The molecule has 1 amide bonds. The predicted molar refractivity (Wildman–Crippen MR) is 83.9 cm³/mol. The van der Waals surface area contributed by atoms with Crippen LogP contribution >= 0.6 is 0 Å². The van der Waals surface area contributed by atoms with E-state index in [2.05, 4.69) is 15.5 Å². The maximum atomic E-state index is 11.6. The zero-order chi connectivity index (χ0) is 15.9. The monoisotopic (exact) mass is 309 g/mol. The van der Waals surface area contributed by atoms with Crippen molar-refractivity contribution >= 4 is 6.09 Å². The summed E-state index contributed by atoms with van der Waals surface area (Å²) in [5, 5.41) is 10.6. The van der Waals surface area contributed by atoms with Crippen molar-refractivity contribution in [2.45, 2.75) is 6.42 Å². The third-order valence-electron chi connectivity index (χ3n) is 3.05. The van der Waals surface area contributed by atoms with Crippen LogP contribution in [0.2, 0.25) is 0 Å². The second kappa shape index (κ2) is 7.22. The number of carbonyl (C=O) groups excluding carboxylic acids is 1. The number of rotatable bonds is 5. The summed E-state index contributed by atoms with van der Waals surface area (Å²) in [7, 11) is 0. The van der Waals surface area contributed by atoms with Crippen molar-refractivity contribution in [1.29, 1.82) is 0 Å². The summed E-state index contributed by atoms with van der Waals surface area (Å²) in [6.07, 6.45) is -0.0806. The first-order valence-electron chi connectivity index (χ1n) is 7.20. The number of benzene rings is 2. The minimum atomic E-state index is -0.515. The van der Waals surface area contributed by atoms with Gasteiger partial charge in [0.05, 0.1) is 0 Å². The SMILES string of the molecule is O=C(NCCc1nnc(-c2ccccc2)o1)Oc1ccccc1. The Kier molecular flexibility index (Phi) is 4.63. The Balaban J connectivity index is 1.48. The second-order valence-electron chi connectivity index (χ2n) is 4.75. The molecular formula is C17H15N3O3. The normalized spacial score (nSPS) is 10.3. The van der Waals surface area contributed by atoms with E-state index in [-0.39, 0.29) is 0 Å². The fourth-order valence-corrected chi connectivity index (χ4v) is 1.96. The zero-order valence-electron chi connectivity index (χ0n) is 12.3. The lowest BCUT2D eigenvalue weighted by molar-refractivity contribution is 0.200. The molecule has 6 nitrogen and oxygen atoms in total. The van der Waals surface area contributed by atoms with E-state index in [1.54, 1.807) is 24.3 Å². The fourth-order valence-electron chi connectivity index (χ4n) is 1.96. The van der Waals surface area contributed by atoms with Crippen molar-refractivity contribution in [1.82, 2.24) is 15.5 Å². The van der Waals surface area contributed by atoms with Crippen molar-refractivity contribution in [2.24, 2.45) is 0 Å². The lowest BCUT2D eigenvalue weighted by Gasteiger charge is -2.04. The summed E-state index contributed by atoms with van der Waals surface area (Å²) in [4.78, 5) is 11.6. The molecule has 0 aliphatic carbocycles. The van der Waals surface area contributed by atoms with Gasteiger partial charge in [-0.2, -0.15) is 0 Å². The summed E-state index contributed by atoms with van der Waals surface area (Å²) < 4.78 is 10.7. The number of hydrogen-bond acceptors (Lipinski definition) is 5. The Morgan fingerprint density at radius 2 is 1.70 bits per heavy atom. The minimum absolute atomic E-state index is 0.349. The van der Waals surface area contributed by atoms with Gasteiger partial charge in [0.15, 0.2) is 0 Å². The minimum Gasteiger partial charge on any atom is -0.421 e. The summed E-state index contributed by atoms with van der Waals surface area (Å²) in [5.74, 6) is 1.42. The highest BCUT2D eigenvalue weighted by atomic mass is 16.6. The van der Waals surface area contributed by atoms with Crippen LogP contribution in [0.5, 0.6) is 5.75 Å². The summed E-state index contributed by atoms with van der Waals surface area (Å²) >= 11 is 0. The van der Waals surface area contributed by atoms with Crippen LogP contribution in [0, 0.1) is 0 Å². The van der Waals surface area contributed by atoms with E-state index in [0.717, 1.165) is 5.56 Å². The molecule has 0 aliphatic heterocycles. The van der Waals surface area contributed by atoms with Crippen LogP contribution in [0.1, 0.15) is 5.89 Å². The van der Waals surface area contributed by atoms with Gasteiger partial charge >= 0.3 is 6.09 Å². The van der Waals surface area contributed by atoms with Crippen LogP contribution in [0.4, 0.5) is 4.79 Å². The molecule has 2 aromatic carbocycles. The molecule has 1 aromatic heterocycles. The average Bonchev–Trinajstić information content (AvgIpc) is 3.05. The van der Waals surface area contributed by atoms with Crippen LogP contribution in [-0.4, -0.2) is 22.8 Å². The first kappa shape index (κ1) is 14.8. The molecule has 3 rings (SSSR count). The molecule has 0 fully saturated rings. The Labute approximate surface area is 133 Å². The lowest BCUT2D eigenvalue weighted by Crippen LogP contribution is -2.28. The molecule has 6 heteroatoms. The van der Waals surface area contributed by atoms with Gasteiger partial charge in [0, 0.05) is 18.5 Å². The molecule has 0 radical (unpaired) electrons. The maximum Gasteiger partial charge on any atom is 0.412 e. The first-order chi connectivity index (χ1) is 11.3. The third kappa shape index (κ3) is 4.16. The molecule has 0 unspecified atom stereocenters. The number of carbonyl (C=O) groups is 1. The van der Waals surface area contributed by atoms with Crippen molar-refractivity contribution < 1.29 is 13.9 Å². The largest absolute Gasteiger partial charge is 0.421 e. The highest BCUT2D eigenvalue weighted by molar-refractivity contribution is 5.70. The number of hydrogen-bond donors (Lipinski definition) is 1. The topological polar surface area (TPSA) is 77.3 Å². The number of aromatic nitrogens is 2. The first-order valence-corrected chi connectivity index (χ1v) is 7.20. The fraction of sp³-hybridized carbons (Fsp3) is 0.118. The highest BCUT2D eigenvalue weighted by Crippen LogP contribution is 2.16. The number of amides is 1. The van der Waals surface area contributed by atoms with Crippen LogP contribution < -0.4 is 10.1 Å². The Hall–Kier alpha value is -3.15. The van der Waals surface area contributed by atoms with E-state index in [1.807, 2.05) is 36.4 Å². The quantitative estimate of drug-likeness (QED) is 0.783. The molecule has 1 heterocycles. The molecule has 23 heavy (non-hydrogen) atoms. The van der Waals surface area contributed by atoms with Gasteiger partial charge < -0.3 is 14.5 Å². The van der Waals surface area contributed by atoms with Crippen LogP contribution in [0.15, 0.2) is 65.1 Å². The summed E-state index contributed by atoms with van der Waals surface area (Å²) in [6.45, 7) is 0.349. The van der Waals surface area contributed by atoms with Gasteiger partial charge in [-0.1, -0.05) is 36.4 Å². The van der Waals surface area contributed by atoms with Gasteiger partial charge in [-0.05, 0) is 24.3 Å². The van der Waals surface area contributed by atoms with Gasteiger partial charge in [-0.15, -0.1) is 10.2 Å². The van der Waals surface area contributed by atoms with Crippen molar-refractivity contribution in [2.75, 3.05) is 6.54 Å². The Morgan fingerprint density at radius 1 is 1.00 bits per heavy atom. The highest BCUT2D eigenvalue weighted by Gasteiger charge is 2.09. The van der Waals surface area contributed by atoms with Crippen molar-refractivity contribution in [3.63, 3.8) is 0 Å². The van der Waals surface area contributed by atoms with E-state index >= 15 is 0 Å². The van der Waals surface area contributed by atoms with Crippen molar-refractivity contribution in [3.05, 3.63) is 66.6 Å². The van der Waals surface area contributed by atoms with Crippen molar-refractivity contribution in [3.8, 4) is 17.2 Å². The molecule has 1 N–H and O–H groups in total. The number of nitrogens with one attached hydrogen (secondary N) is 1. The molecule has 116 valence electrons. The zero-order valence-corrected chi connectivity index (χ0v) is 12.3. The van der Waals surface area contributed by atoms with E-state index in [0.29, 0.717) is 30.5 Å². The van der Waals surface area contributed by atoms with E-state index in [1.165, 1.54) is 0 Å². The number of para-hydroxylation sites is 1. The molecule has 0 atom stereocenters. The molecule has 0 aliphatic rings. The molecule has 0 spiro atoms. The Morgan fingerprint density at radius 3 is 2.43 bits per heavy atom. The molecule has 0 bridgehead atoms. The molecule has 0 saturated heterocycles. The van der Waals surface area contributed by atoms with E-state index < -0.39 is 6.09 Å². The molecule has 3 aromatic rings. The van der Waals surface area contributed by atoms with Crippen LogP contribution in [0.3, 0.4) is 0 Å². The van der Waals surface area contributed by atoms with Crippen LogP contribution in [-0.2, 0) is 6.42 Å². The standard InChI is InChI=1S/C17H15N3O3/c21-17(22-14-9-5-2-6-10-14)18-12-11-15-19-20-16(23-15)13-7-3-1-4-8-13/h1-10H,11-12H2,(H,18,21). The number of ether oxygens (including phenoxy) is 1. The van der Waals surface area contributed by atoms with Gasteiger partial charge in [-0.3, -0.25) is 0 Å².